The highest BCUT2D eigenvalue weighted by Crippen LogP contribution is 2.29. The molecule has 0 radical (unpaired) electrons. The molecule has 4 nitrogen and oxygen atoms in total. The summed E-state index contributed by atoms with van der Waals surface area (Å²) >= 11 is 1.67. The Labute approximate surface area is 125 Å². The zero-order valence-corrected chi connectivity index (χ0v) is 13.4. The second kappa shape index (κ2) is 6.90. The molecule has 0 unspecified atom stereocenters. The number of nitrogens with zero attached hydrogens (tertiary/aromatic N) is 3. The molecular weight excluding hydrogens is 268 g/mol. The molecule has 1 N–H and O–H groups in total. The molecule has 1 aromatic carbocycles. The second-order valence-corrected chi connectivity index (χ2v) is 5.98. The molecule has 5 heteroatoms. The maximum absolute atomic E-state index is 4.20. The summed E-state index contributed by atoms with van der Waals surface area (Å²) in [5.41, 5.74) is 2.61. The second-order valence-electron chi connectivity index (χ2n) is 4.97. The van der Waals surface area contributed by atoms with E-state index in [2.05, 4.69) is 47.6 Å². The Morgan fingerprint density at radius 1 is 1.25 bits per heavy atom. The fraction of sp³-hybridized carbons (Fsp3) is 0.467. The minimum Gasteiger partial charge on any atom is -0.313 e. The lowest BCUT2D eigenvalue weighted by molar-refractivity contribution is 0.675. The lowest BCUT2D eigenvalue weighted by Crippen LogP contribution is -2.13. The van der Waals surface area contributed by atoms with Crippen LogP contribution in [0.1, 0.15) is 30.3 Å². The Kier molecular flexibility index (Phi) is 5.20. The summed E-state index contributed by atoms with van der Waals surface area (Å²) in [7, 11) is 2.00. The Hall–Kier alpha value is -1.33. The molecule has 20 heavy (non-hydrogen) atoms. The van der Waals surface area contributed by atoms with Gasteiger partial charge in [0.1, 0.15) is 5.82 Å². The molecule has 0 aliphatic rings. The van der Waals surface area contributed by atoms with Crippen LogP contribution >= 0.6 is 11.8 Å². The topological polar surface area (TPSA) is 42.7 Å². The van der Waals surface area contributed by atoms with E-state index in [1.54, 1.807) is 11.8 Å². The van der Waals surface area contributed by atoms with Gasteiger partial charge in [-0.05, 0) is 55.8 Å². The number of aromatic nitrogens is 3. The van der Waals surface area contributed by atoms with Crippen molar-refractivity contribution < 1.29 is 0 Å². The third-order valence-corrected chi connectivity index (χ3v) is 4.47. The Morgan fingerprint density at radius 3 is 2.65 bits per heavy atom. The van der Waals surface area contributed by atoms with Crippen LogP contribution in [0.3, 0.4) is 0 Å². The van der Waals surface area contributed by atoms with Crippen LogP contribution in [0, 0.1) is 13.8 Å². The van der Waals surface area contributed by atoms with Crippen LogP contribution in [0.5, 0.6) is 0 Å². The van der Waals surface area contributed by atoms with Crippen LogP contribution in [0.4, 0.5) is 0 Å². The molecule has 2 aromatic rings. The van der Waals surface area contributed by atoms with E-state index >= 15 is 0 Å². The predicted octanol–water partition coefficient (Wildman–Crippen LogP) is 3.08. The Morgan fingerprint density at radius 2 is 2.05 bits per heavy atom. The molecule has 0 fully saturated rings. The molecule has 0 aliphatic heterocycles. The van der Waals surface area contributed by atoms with Crippen molar-refractivity contribution in [2.45, 2.75) is 43.8 Å². The van der Waals surface area contributed by atoms with E-state index < -0.39 is 0 Å². The molecule has 0 aliphatic carbocycles. The van der Waals surface area contributed by atoms with Crippen molar-refractivity contribution in [2.24, 2.45) is 7.05 Å². The van der Waals surface area contributed by atoms with E-state index in [0.717, 1.165) is 24.1 Å². The molecule has 0 saturated carbocycles. The number of rotatable bonds is 6. The first kappa shape index (κ1) is 15.1. The van der Waals surface area contributed by atoms with E-state index in [-0.39, 0.29) is 0 Å². The van der Waals surface area contributed by atoms with Gasteiger partial charge in [0, 0.05) is 18.5 Å². The first-order chi connectivity index (χ1) is 9.61. The van der Waals surface area contributed by atoms with Gasteiger partial charge in [-0.1, -0.05) is 19.1 Å². The van der Waals surface area contributed by atoms with Crippen molar-refractivity contribution in [3.05, 3.63) is 35.2 Å². The summed E-state index contributed by atoms with van der Waals surface area (Å²) in [6, 6.07) is 6.60. The molecule has 108 valence electrons. The van der Waals surface area contributed by atoms with E-state index in [4.69, 9.17) is 0 Å². The molecule has 0 atom stereocenters. The van der Waals surface area contributed by atoms with Crippen LogP contribution in [-0.4, -0.2) is 21.3 Å². The molecule has 0 spiro atoms. The number of hydrogen-bond donors (Lipinski definition) is 1. The van der Waals surface area contributed by atoms with Gasteiger partial charge in [0.25, 0.3) is 0 Å². The maximum atomic E-state index is 4.20. The minimum absolute atomic E-state index is 0.933. The van der Waals surface area contributed by atoms with Crippen molar-refractivity contribution >= 4 is 11.8 Å². The quantitative estimate of drug-likeness (QED) is 0.830. The maximum Gasteiger partial charge on any atom is 0.195 e. The van der Waals surface area contributed by atoms with E-state index in [1.807, 2.05) is 18.5 Å². The SMILES string of the molecule is CCCNCc1ccc(Sc2nnc(C)n2C)c(C)c1. The van der Waals surface area contributed by atoms with Crippen LogP contribution in [0.2, 0.25) is 0 Å². The van der Waals surface area contributed by atoms with Crippen molar-refractivity contribution in [1.29, 1.82) is 0 Å². The molecule has 0 amide bonds. The average molecular weight is 290 g/mol. The van der Waals surface area contributed by atoms with Crippen LogP contribution in [0.25, 0.3) is 0 Å². The van der Waals surface area contributed by atoms with Gasteiger partial charge in [-0.3, -0.25) is 0 Å². The Balaban J connectivity index is 2.08. The standard InChI is InChI=1S/C15H22N4S/c1-5-8-16-10-13-6-7-14(11(2)9-13)20-15-18-17-12(3)19(15)4/h6-7,9,16H,5,8,10H2,1-4H3. The highest BCUT2D eigenvalue weighted by molar-refractivity contribution is 7.99. The summed E-state index contributed by atoms with van der Waals surface area (Å²) in [5, 5.41) is 12.6. The third-order valence-electron chi connectivity index (χ3n) is 3.25. The van der Waals surface area contributed by atoms with Crippen molar-refractivity contribution in [3.63, 3.8) is 0 Å². The van der Waals surface area contributed by atoms with Crippen LogP contribution < -0.4 is 5.32 Å². The van der Waals surface area contributed by atoms with Gasteiger partial charge >= 0.3 is 0 Å². The van der Waals surface area contributed by atoms with Gasteiger partial charge < -0.3 is 9.88 Å². The van der Waals surface area contributed by atoms with Crippen molar-refractivity contribution in [1.82, 2.24) is 20.1 Å². The molecule has 1 heterocycles. The first-order valence-electron chi connectivity index (χ1n) is 6.96. The summed E-state index contributed by atoms with van der Waals surface area (Å²) in [6.07, 6.45) is 1.17. The zero-order chi connectivity index (χ0) is 14.5. The summed E-state index contributed by atoms with van der Waals surface area (Å²) in [5.74, 6) is 0.936. The smallest absolute Gasteiger partial charge is 0.195 e. The molecule has 2 rings (SSSR count). The molecule has 0 bridgehead atoms. The van der Waals surface area contributed by atoms with E-state index in [1.165, 1.54) is 22.4 Å². The lowest BCUT2D eigenvalue weighted by atomic mass is 10.1. The van der Waals surface area contributed by atoms with Crippen molar-refractivity contribution in [2.75, 3.05) is 6.54 Å². The highest BCUT2D eigenvalue weighted by atomic mass is 32.2. The predicted molar refractivity (Wildman–Crippen MR) is 83.0 cm³/mol. The average Bonchev–Trinajstić information content (AvgIpc) is 2.74. The molecule has 1 aromatic heterocycles. The van der Waals surface area contributed by atoms with Crippen LogP contribution in [0.15, 0.2) is 28.3 Å². The summed E-state index contributed by atoms with van der Waals surface area (Å²) < 4.78 is 2.01. The third kappa shape index (κ3) is 3.61. The number of aryl methyl sites for hydroxylation is 2. The fourth-order valence-corrected chi connectivity index (χ4v) is 2.82. The summed E-state index contributed by atoms with van der Waals surface area (Å²) in [6.45, 7) is 8.29. The number of benzene rings is 1. The fourth-order valence-electron chi connectivity index (χ4n) is 1.92. The molecular formula is C15H22N4S. The minimum atomic E-state index is 0.933. The van der Waals surface area contributed by atoms with Gasteiger partial charge in [-0.2, -0.15) is 0 Å². The van der Waals surface area contributed by atoms with Crippen molar-refractivity contribution in [3.8, 4) is 0 Å². The van der Waals surface area contributed by atoms with E-state index in [9.17, 15) is 0 Å². The van der Waals surface area contributed by atoms with E-state index in [0.29, 0.717) is 0 Å². The van der Waals surface area contributed by atoms with Gasteiger partial charge in [-0.25, -0.2) is 0 Å². The first-order valence-corrected chi connectivity index (χ1v) is 7.77. The normalized spacial score (nSPS) is 11.0. The monoisotopic (exact) mass is 290 g/mol. The van der Waals surface area contributed by atoms with Gasteiger partial charge in [-0.15, -0.1) is 10.2 Å². The van der Waals surface area contributed by atoms with Gasteiger partial charge in [0.15, 0.2) is 5.16 Å². The lowest BCUT2D eigenvalue weighted by Gasteiger charge is -2.09. The Bertz CT molecular complexity index is 577. The van der Waals surface area contributed by atoms with Gasteiger partial charge in [0.2, 0.25) is 0 Å². The molecule has 0 saturated heterocycles. The summed E-state index contributed by atoms with van der Waals surface area (Å²) in [4.78, 5) is 1.24. The van der Waals surface area contributed by atoms with Crippen LogP contribution in [-0.2, 0) is 13.6 Å². The highest BCUT2D eigenvalue weighted by Gasteiger charge is 2.09. The zero-order valence-electron chi connectivity index (χ0n) is 12.6. The number of hydrogen-bond acceptors (Lipinski definition) is 4. The largest absolute Gasteiger partial charge is 0.313 e. The number of nitrogens with one attached hydrogen (secondary N) is 1. The van der Waals surface area contributed by atoms with Gasteiger partial charge in [0.05, 0.1) is 0 Å².